The largest absolute Gasteiger partial charge is 0.339 e. The van der Waals surface area contributed by atoms with Crippen molar-refractivity contribution in [3.8, 4) is 0 Å². The molecule has 2 N–H and O–H groups in total. The van der Waals surface area contributed by atoms with Gasteiger partial charge in [0.15, 0.2) is 0 Å². The molecule has 0 radical (unpaired) electrons. The molecule has 1 aliphatic carbocycles. The van der Waals surface area contributed by atoms with Gasteiger partial charge in [-0.2, -0.15) is 0 Å². The summed E-state index contributed by atoms with van der Waals surface area (Å²) in [5.41, 5.74) is 9.50. The number of carbonyl (C=O) groups excluding carboxylic acids is 1. The highest BCUT2D eigenvalue weighted by Crippen LogP contribution is 2.23. The lowest BCUT2D eigenvalue weighted by atomic mass is 9.87. The lowest BCUT2D eigenvalue weighted by molar-refractivity contribution is 0.0724. The Labute approximate surface area is 128 Å². The molecule has 1 aliphatic heterocycles. The van der Waals surface area contributed by atoms with Crippen LogP contribution >= 0.6 is 0 Å². The quantitative estimate of drug-likeness (QED) is 0.863. The van der Waals surface area contributed by atoms with E-state index in [4.69, 9.17) is 5.73 Å². The number of hydrogen-bond acceptors (Lipinski definition) is 2. The summed E-state index contributed by atoms with van der Waals surface area (Å²) >= 11 is 0. The molecule has 0 bridgehead atoms. The number of carbonyl (C=O) groups is 1. The maximum Gasteiger partial charge on any atom is 0.253 e. The molecule has 2 aliphatic rings. The van der Waals surface area contributed by atoms with Crippen LogP contribution in [0.2, 0.25) is 0 Å². The van der Waals surface area contributed by atoms with E-state index in [0.717, 1.165) is 50.8 Å². The molecule has 1 unspecified atom stereocenters. The second-order valence-electron chi connectivity index (χ2n) is 5.84. The Hall–Kier alpha value is -1.35. The van der Waals surface area contributed by atoms with E-state index in [-0.39, 0.29) is 11.9 Å². The van der Waals surface area contributed by atoms with Crippen LogP contribution in [0.15, 0.2) is 18.2 Å². The molecule has 0 saturated carbocycles. The molecule has 3 heteroatoms. The number of hydrogen-bond donors (Lipinski definition) is 1. The number of amides is 1. The first-order chi connectivity index (χ1) is 10.2. The van der Waals surface area contributed by atoms with Gasteiger partial charge >= 0.3 is 0 Å². The van der Waals surface area contributed by atoms with Crippen LogP contribution in [-0.4, -0.2) is 29.9 Å². The number of piperidine rings is 1. The highest BCUT2D eigenvalue weighted by Gasteiger charge is 2.21. The van der Waals surface area contributed by atoms with Crippen molar-refractivity contribution in [2.75, 3.05) is 13.1 Å². The Balaban J connectivity index is 0.000000774. The summed E-state index contributed by atoms with van der Waals surface area (Å²) in [5, 5.41) is 0. The number of nitrogens with two attached hydrogens (primary N) is 1. The molecule has 1 fully saturated rings. The van der Waals surface area contributed by atoms with E-state index in [0.29, 0.717) is 0 Å². The van der Waals surface area contributed by atoms with Crippen LogP contribution in [-0.2, 0) is 12.8 Å². The smallest absolute Gasteiger partial charge is 0.253 e. The molecule has 1 heterocycles. The van der Waals surface area contributed by atoms with Crippen LogP contribution in [0.1, 0.15) is 61.0 Å². The second kappa shape index (κ2) is 7.60. The summed E-state index contributed by atoms with van der Waals surface area (Å²) < 4.78 is 0. The minimum absolute atomic E-state index is 0.206. The maximum atomic E-state index is 12.5. The normalized spacial score (nSPS) is 21.1. The highest BCUT2D eigenvalue weighted by molar-refractivity contribution is 5.94. The van der Waals surface area contributed by atoms with Gasteiger partial charge in [-0.05, 0) is 61.8 Å². The third-order valence-corrected chi connectivity index (χ3v) is 4.36. The molecule has 1 aromatic carbocycles. The molecular weight excluding hydrogens is 260 g/mol. The van der Waals surface area contributed by atoms with E-state index >= 15 is 0 Å². The number of likely N-dealkylation sites (tertiary alicyclic amines) is 1. The van der Waals surface area contributed by atoms with Crippen molar-refractivity contribution in [3.63, 3.8) is 0 Å². The predicted molar refractivity (Wildman–Crippen MR) is 87.5 cm³/mol. The molecule has 0 spiro atoms. The zero-order valence-electron chi connectivity index (χ0n) is 13.4. The van der Waals surface area contributed by atoms with Crippen LogP contribution in [0.5, 0.6) is 0 Å². The predicted octanol–water partition coefficient (Wildman–Crippen LogP) is 3.15. The van der Waals surface area contributed by atoms with Crippen molar-refractivity contribution in [3.05, 3.63) is 34.9 Å². The third kappa shape index (κ3) is 3.85. The van der Waals surface area contributed by atoms with Crippen LogP contribution in [0.4, 0.5) is 0 Å². The molecule has 116 valence electrons. The molecule has 1 saturated heterocycles. The molecule has 1 amide bonds. The summed E-state index contributed by atoms with van der Waals surface area (Å²) in [5.74, 6) is 0.206. The fourth-order valence-electron chi connectivity index (χ4n) is 3.20. The zero-order valence-corrected chi connectivity index (χ0v) is 13.4. The van der Waals surface area contributed by atoms with Gasteiger partial charge in [0, 0.05) is 24.7 Å². The van der Waals surface area contributed by atoms with Gasteiger partial charge in [0.05, 0.1) is 0 Å². The van der Waals surface area contributed by atoms with Gasteiger partial charge in [-0.25, -0.2) is 0 Å². The summed E-state index contributed by atoms with van der Waals surface area (Å²) in [6.07, 6.45) is 6.54. The van der Waals surface area contributed by atoms with E-state index in [1.807, 2.05) is 24.8 Å². The summed E-state index contributed by atoms with van der Waals surface area (Å²) in [7, 11) is 0. The number of nitrogens with zero attached hydrogens (tertiary/aromatic N) is 1. The van der Waals surface area contributed by atoms with Crippen LogP contribution in [0, 0.1) is 0 Å². The van der Waals surface area contributed by atoms with Crippen molar-refractivity contribution in [1.82, 2.24) is 4.90 Å². The fourth-order valence-corrected chi connectivity index (χ4v) is 3.20. The maximum absolute atomic E-state index is 12.5. The Morgan fingerprint density at radius 3 is 2.57 bits per heavy atom. The average molecular weight is 288 g/mol. The van der Waals surface area contributed by atoms with Gasteiger partial charge in [-0.15, -0.1) is 0 Å². The van der Waals surface area contributed by atoms with Crippen molar-refractivity contribution in [2.45, 2.75) is 58.4 Å². The Morgan fingerprint density at radius 1 is 1.14 bits per heavy atom. The standard InChI is InChI=1S/C16H22N2O.C2H6/c17-15-7-6-12-10-14(5-4-13(12)11-15)16(19)18-8-2-1-3-9-18;1-2/h4-5,10,15H,1-3,6-9,11,17H2;1-2H3. The fraction of sp³-hybridized carbons (Fsp3) is 0.611. The molecule has 3 nitrogen and oxygen atoms in total. The molecule has 0 aromatic heterocycles. The highest BCUT2D eigenvalue weighted by atomic mass is 16.2. The molecule has 1 atom stereocenters. The van der Waals surface area contributed by atoms with Gasteiger partial charge in [-0.3, -0.25) is 4.79 Å². The first kappa shape index (κ1) is 16.0. The van der Waals surface area contributed by atoms with E-state index in [9.17, 15) is 4.79 Å². The van der Waals surface area contributed by atoms with E-state index in [1.54, 1.807) is 0 Å². The first-order valence-corrected chi connectivity index (χ1v) is 8.41. The monoisotopic (exact) mass is 288 g/mol. The first-order valence-electron chi connectivity index (χ1n) is 8.41. The molecule has 3 rings (SSSR count). The minimum atomic E-state index is 0.206. The summed E-state index contributed by atoms with van der Waals surface area (Å²) in [6.45, 7) is 5.83. The number of benzene rings is 1. The van der Waals surface area contributed by atoms with E-state index in [2.05, 4.69) is 12.1 Å². The minimum Gasteiger partial charge on any atom is -0.339 e. The summed E-state index contributed by atoms with van der Waals surface area (Å²) in [4.78, 5) is 14.5. The lowest BCUT2D eigenvalue weighted by Crippen LogP contribution is -2.35. The Kier molecular flexibility index (Phi) is 5.80. The van der Waals surface area contributed by atoms with Gasteiger partial charge in [0.2, 0.25) is 0 Å². The van der Waals surface area contributed by atoms with E-state index < -0.39 is 0 Å². The van der Waals surface area contributed by atoms with Crippen molar-refractivity contribution in [2.24, 2.45) is 5.73 Å². The SMILES string of the molecule is CC.NC1CCc2cc(C(=O)N3CCCCC3)ccc2C1. The van der Waals surface area contributed by atoms with Gasteiger partial charge in [0.25, 0.3) is 5.91 Å². The van der Waals surface area contributed by atoms with Crippen molar-refractivity contribution in [1.29, 1.82) is 0 Å². The summed E-state index contributed by atoms with van der Waals surface area (Å²) in [6, 6.07) is 6.47. The Bertz CT molecular complexity index is 478. The topological polar surface area (TPSA) is 46.3 Å². The van der Waals surface area contributed by atoms with Gasteiger partial charge in [-0.1, -0.05) is 19.9 Å². The van der Waals surface area contributed by atoms with Crippen molar-refractivity contribution >= 4 is 5.91 Å². The zero-order chi connectivity index (χ0) is 15.2. The van der Waals surface area contributed by atoms with Crippen LogP contribution in [0.3, 0.4) is 0 Å². The molecule has 21 heavy (non-hydrogen) atoms. The van der Waals surface area contributed by atoms with E-state index in [1.165, 1.54) is 17.5 Å². The Morgan fingerprint density at radius 2 is 1.86 bits per heavy atom. The van der Waals surface area contributed by atoms with Crippen LogP contribution in [0.25, 0.3) is 0 Å². The average Bonchev–Trinajstić information content (AvgIpc) is 2.56. The molecular formula is C18H28N2O. The third-order valence-electron chi connectivity index (χ3n) is 4.36. The van der Waals surface area contributed by atoms with Crippen molar-refractivity contribution < 1.29 is 4.79 Å². The van der Waals surface area contributed by atoms with Gasteiger partial charge < -0.3 is 10.6 Å². The van der Waals surface area contributed by atoms with Gasteiger partial charge in [0.1, 0.15) is 0 Å². The lowest BCUT2D eigenvalue weighted by Gasteiger charge is -2.27. The van der Waals surface area contributed by atoms with Crippen LogP contribution < -0.4 is 5.73 Å². The second-order valence-corrected chi connectivity index (χ2v) is 5.84. The number of fused-ring (bicyclic) bond motifs is 1. The number of rotatable bonds is 1. The number of aryl methyl sites for hydroxylation is 1. The molecule has 1 aromatic rings.